The lowest BCUT2D eigenvalue weighted by molar-refractivity contribution is -0.127. The van der Waals surface area contributed by atoms with E-state index in [0.717, 1.165) is 17.2 Å². The van der Waals surface area contributed by atoms with Gasteiger partial charge in [0.25, 0.3) is 0 Å². The Morgan fingerprint density at radius 3 is 2.76 bits per heavy atom. The van der Waals surface area contributed by atoms with Gasteiger partial charge in [-0.3, -0.25) is 9.69 Å². The van der Waals surface area contributed by atoms with Gasteiger partial charge in [-0.1, -0.05) is 12.8 Å². The van der Waals surface area contributed by atoms with Crippen molar-refractivity contribution in [3.8, 4) is 0 Å². The normalized spacial score (nSPS) is 15.8. The van der Waals surface area contributed by atoms with Crippen molar-refractivity contribution in [3.63, 3.8) is 0 Å². The second-order valence-electron chi connectivity index (χ2n) is 5.83. The van der Waals surface area contributed by atoms with Gasteiger partial charge < -0.3 is 10.0 Å². The number of amides is 1. The van der Waals surface area contributed by atoms with Gasteiger partial charge in [-0.25, -0.2) is 4.98 Å². The molecule has 118 valence electrons. The van der Waals surface area contributed by atoms with Crippen molar-refractivity contribution in [2.45, 2.75) is 44.7 Å². The summed E-state index contributed by atoms with van der Waals surface area (Å²) in [6.45, 7) is 1.67. The third-order valence-corrected chi connectivity index (χ3v) is 4.89. The summed E-state index contributed by atoms with van der Waals surface area (Å²) in [7, 11) is 3.53. The highest BCUT2D eigenvalue weighted by Crippen LogP contribution is 2.25. The van der Waals surface area contributed by atoms with Crippen molar-refractivity contribution < 1.29 is 9.90 Å². The van der Waals surface area contributed by atoms with E-state index >= 15 is 0 Å². The van der Waals surface area contributed by atoms with E-state index in [1.165, 1.54) is 25.7 Å². The number of aromatic nitrogens is 1. The van der Waals surface area contributed by atoms with Crippen LogP contribution in [0.25, 0.3) is 0 Å². The van der Waals surface area contributed by atoms with Gasteiger partial charge in [0.05, 0.1) is 18.7 Å². The van der Waals surface area contributed by atoms with E-state index < -0.39 is 0 Å². The first-order chi connectivity index (χ1) is 10.1. The van der Waals surface area contributed by atoms with Crippen molar-refractivity contribution in [2.75, 3.05) is 27.2 Å². The zero-order valence-electron chi connectivity index (χ0n) is 12.9. The second kappa shape index (κ2) is 7.87. The number of carbonyl (C=O) groups is 1. The van der Waals surface area contributed by atoms with Gasteiger partial charge in [-0.05, 0) is 12.8 Å². The first-order valence-corrected chi connectivity index (χ1v) is 8.46. The van der Waals surface area contributed by atoms with Crippen molar-refractivity contribution in [2.24, 2.45) is 0 Å². The number of rotatable bonds is 7. The van der Waals surface area contributed by atoms with Crippen molar-refractivity contribution in [1.82, 2.24) is 14.8 Å². The molecule has 1 aliphatic rings. The molecule has 0 aromatic carbocycles. The Kier molecular flexibility index (Phi) is 6.14. The van der Waals surface area contributed by atoms with E-state index in [1.54, 1.807) is 30.3 Å². The minimum Gasteiger partial charge on any atom is -0.395 e. The van der Waals surface area contributed by atoms with Gasteiger partial charge in [-0.15, -0.1) is 11.3 Å². The molecule has 1 aromatic rings. The first-order valence-electron chi connectivity index (χ1n) is 7.58. The molecule has 1 fully saturated rings. The summed E-state index contributed by atoms with van der Waals surface area (Å²) >= 11 is 1.55. The molecule has 1 heterocycles. The molecule has 2 rings (SSSR count). The molecule has 1 N–H and O–H groups in total. The zero-order valence-corrected chi connectivity index (χ0v) is 13.7. The number of thiazole rings is 1. The van der Waals surface area contributed by atoms with Crippen molar-refractivity contribution in [3.05, 3.63) is 16.1 Å². The molecular weight excluding hydrogens is 286 g/mol. The van der Waals surface area contributed by atoms with Crippen LogP contribution in [0.1, 0.15) is 36.4 Å². The molecule has 5 nitrogen and oxygen atoms in total. The minimum absolute atomic E-state index is 0.0823. The standard InChI is InChI=1S/C15H25N3O2S/c1-17(2)15(20)9-14-16-12(11-21-14)10-18(7-8-19)13-5-3-4-6-13/h11,13,19H,3-10H2,1-2H3. The highest BCUT2D eigenvalue weighted by atomic mass is 32.1. The van der Waals surface area contributed by atoms with Gasteiger partial charge in [0.1, 0.15) is 5.01 Å². The van der Waals surface area contributed by atoms with Crippen LogP contribution >= 0.6 is 11.3 Å². The maximum absolute atomic E-state index is 11.7. The van der Waals surface area contributed by atoms with Crippen LogP contribution in [0.3, 0.4) is 0 Å². The Balaban J connectivity index is 1.94. The zero-order chi connectivity index (χ0) is 15.2. The molecule has 0 saturated heterocycles. The van der Waals surface area contributed by atoms with Crippen molar-refractivity contribution >= 4 is 17.2 Å². The highest BCUT2D eigenvalue weighted by molar-refractivity contribution is 7.09. The Hall–Kier alpha value is -0.980. The summed E-state index contributed by atoms with van der Waals surface area (Å²) in [5, 5.41) is 12.2. The summed E-state index contributed by atoms with van der Waals surface area (Å²) in [5.41, 5.74) is 1.02. The van der Waals surface area contributed by atoms with Gasteiger partial charge in [0.15, 0.2) is 0 Å². The number of hydrogen-bond donors (Lipinski definition) is 1. The largest absolute Gasteiger partial charge is 0.395 e. The molecular formula is C15H25N3O2S. The molecule has 0 unspecified atom stereocenters. The van der Waals surface area contributed by atoms with Crippen LogP contribution < -0.4 is 0 Å². The number of carbonyl (C=O) groups excluding carboxylic acids is 1. The Morgan fingerprint density at radius 2 is 2.14 bits per heavy atom. The maximum atomic E-state index is 11.7. The predicted octanol–water partition coefficient (Wildman–Crippen LogP) is 1.51. The molecule has 0 radical (unpaired) electrons. The molecule has 0 aliphatic heterocycles. The fourth-order valence-electron chi connectivity index (χ4n) is 2.79. The molecule has 1 saturated carbocycles. The van der Waals surface area contributed by atoms with E-state index in [4.69, 9.17) is 0 Å². The number of aliphatic hydroxyl groups is 1. The number of aliphatic hydroxyl groups excluding tert-OH is 1. The Morgan fingerprint density at radius 1 is 1.43 bits per heavy atom. The summed E-state index contributed by atoms with van der Waals surface area (Å²) in [6.07, 6.45) is 5.38. The van der Waals surface area contributed by atoms with Gasteiger partial charge in [-0.2, -0.15) is 0 Å². The van der Waals surface area contributed by atoms with Crippen LogP contribution in [-0.2, 0) is 17.8 Å². The van der Waals surface area contributed by atoms with Gasteiger partial charge in [0.2, 0.25) is 5.91 Å². The molecule has 0 spiro atoms. The van der Waals surface area contributed by atoms with Crippen LogP contribution in [0, 0.1) is 0 Å². The molecule has 0 atom stereocenters. The van der Waals surface area contributed by atoms with E-state index in [0.29, 0.717) is 19.0 Å². The van der Waals surface area contributed by atoms with Crippen molar-refractivity contribution in [1.29, 1.82) is 0 Å². The molecule has 1 aromatic heterocycles. The molecule has 6 heteroatoms. The molecule has 0 bridgehead atoms. The SMILES string of the molecule is CN(C)C(=O)Cc1nc(CN(CCO)C2CCCC2)cs1. The van der Waals surface area contributed by atoms with Crippen LogP contribution in [0.2, 0.25) is 0 Å². The number of hydrogen-bond acceptors (Lipinski definition) is 5. The highest BCUT2D eigenvalue weighted by Gasteiger charge is 2.23. The van der Waals surface area contributed by atoms with Gasteiger partial charge >= 0.3 is 0 Å². The van der Waals surface area contributed by atoms with E-state index in [-0.39, 0.29) is 12.5 Å². The Labute approximate surface area is 130 Å². The summed E-state index contributed by atoms with van der Waals surface area (Å²) in [4.78, 5) is 20.2. The maximum Gasteiger partial charge on any atom is 0.228 e. The van der Waals surface area contributed by atoms with Crippen LogP contribution in [0.5, 0.6) is 0 Å². The summed E-state index contributed by atoms with van der Waals surface area (Å²) < 4.78 is 0. The van der Waals surface area contributed by atoms with E-state index in [1.807, 2.05) is 5.38 Å². The molecule has 1 amide bonds. The first kappa shape index (κ1) is 16.4. The molecule has 21 heavy (non-hydrogen) atoms. The van der Waals surface area contributed by atoms with E-state index in [2.05, 4.69) is 9.88 Å². The topological polar surface area (TPSA) is 56.7 Å². The smallest absolute Gasteiger partial charge is 0.228 e. The van der Waals surface area contributed by atoms with Gasteiger partial charge in [0, 0.05) is 38.6 Å². The second-order valence-corrected chi connectivity index (χ2v) is 6.77. The summed E-state index contributed by atoms with van der Waals surface area (Å²) in [5.74, 6) is 0.0823. The van der Waals surface area contributed by atoms with Crippen LogP contribution in [0.4, 0.5) is 0 Å². The minimum atomic E-state index is 0.0823. The van der Waals surface area contributed by atoms with Crippen LogP contribution in [0.15, 0.2) is 5.38 Å². The lowest BCUT2D eigenvalue weighted by atomic mass is 10.2. The quantitative estimate of drug-likeness (QED) is 0.829. The monoisotopic (exact) mass is 311 g/mol. The summed E-state index contributed by atoms with van der Waals surface area (Å²) in [6, 6.07) is 0.575. The lowest BCUT2D eigenvalue weighted by Gasteiger charge is -2.27. The lowest BCUT2D eigenvalue weighted by Crippen LogP contribution is -2.35. The number of likely N-dealkylation sites (N-methyl/N-ethyl adjacent to an activating group) is 1. The van der Waals surface area contributed by atoms with E-state index in [9.17, 15) is 9.90 Å². The Bertz CT molecular complexity index is 456. The molecule has 1 aliphatic carbocycles. The average Bonchev–Trinajstić information content (AvgIpc) is 3.09. The number of nitrogens with zero attached hydrogens (tertiary/aromatic N) is 3. The fraction of sp³-hybridized carbons (Fsp3) is 0.733. The predicted molar refractivity (Wildman–Crippen MR) is 84.3 cm³/mol. The average molecular weight is 311 g/mol. The third-order valence-electron chi connectivity index (χ3n) is 3.99. The third kappa shape index (κ3) is 4.76. The van der Waals surface area contributed by atoms with Crippen LogP contribution in [-0.4, -0.2) is 59.1 Å². The fourth-order valence-corrected chi connectivity index (χ4v) is 3.56.